The van der Waals surface area contributed by atoms with Gasteiger partial charge in [0.15, 0.2) is 0 Å². The highest BCUT2D eigenvalue weighted by atomic mass is 32.1. The first-order chi connectivity index (χ1) is 8.74. The van der Waals surface area contributed by atoms with E-state index in [0.717, 1.165) is 12.6 Å². The Kier molecular flexibility index (Phi) is 8.60. The van der Waals surface area contributed by atoms with Crippen molar-refractivity contribution < 1.29 is 0 Å². The highest BCUT2D eigenvalue weighted by Gasteiger charge is 2.22. The molecule has 0 atom stereocenters. The van der Waals surface area contributed by atoms with E-state index in [2.05, 4.69) is 11.8 Å². The van der Waals surface area contributed by atoms with E-state index in [1.54, 1.807) is 0 Å². The van der Waals surface area contributed by atoms with Crippen molar-refractivity contribution in [2.75, 3.05) is 13.1 Å². The normalized spacial score (nSPS) is 16.6. The van der Waals surface area contributed by atoms with E-state index in [0.29, 0.717) is 4.99 Å². The van der Waals surface area contributed by atoms with Crippen LogP contribution in [0.3, 0.4) is 0 Å². The largest absolute Gasteiger partial charge is 0.392 e. The van der Waals surface area contributed by atoms with Crippen LogP contribution in [0.5, 0.6) is 0 Å². The molecule has 0 radical (unpaired) electrons. The summed E-state index contributed by atoms with van der Waals surface area (Å²) in [5, 5.41) is 0. The van der Waals surface area contributed by atoms with E-state index in [1.165, 1.54) is 70.8 Å². The zero-order valence-corrected chi connectivity index (χ0v) is 12.8. The summed E-state index contributed by atoms with van der Waals surface area (Å²) < 4.78 is 0. The van der Waals surface area contributed by atoms with Crippen LogP contribution in [0.2, 0.25) is 0 Å². The molecular formula is C15H30N2S. The summed E-state index contributed by atoms with van der Waals surface area (Å²) in [6.45, 7) is 4.28. The molecule has 0 saturated heterocycles. The van der Waals surface area contributed by atoms with Crippen LogP contribution in [0.15, 0.2) is 0 Å². The monoisotopic (exact) mass is 270 g/mol. The quantitative estimate of drug-likeness (QED) is 0.482. The maximum atomic E-state index is 5.72. The van der Waals surface area contributed by atoms with E-state index in [-0.39, 0.29) is 0 Å². The maximum absolute atomic E-state index is 5.72. The summed E-state index contributed by atoms with van der Waals surface area (Å²) in [5.74, 6) is 0. The number of nitrogens with zero attached hydrogens (tertiary/aromatic N) is 1. The zero-order valence-electron chi connectivity index (χ0n) is 12.0. The lowest BCUT2D eigenvalue weighted by Gasteiger charge is -2.28. The molecule has 2 nitrogen and oxygen atoms in total. The van der Waals surface area contributed by atoms with Gasteiger partial charge in [-0.15, -0.1) is 0 Å². The smallest absolute Gasteiger partial charge is 0.0870 e. The molecule has 0 aliphatic heterocycles. The van der Waals surface area contributed by atoms with Crippen LogP contribution in [0.25, 0.3) is 0 Å². The van der Waals surface area contributed by atoms with Crippen molar-refractivity contribution in [3.05, 3.63) is 0 Å². The van der Waals surface area contributed by atoms with E-state index in [9.17, 15) is 0 Å². The molecule has 0 aromatic carbocycles. The van der Waals surface area contributed by atoms with Gasteiger partial charge >= 0.3 is 0 Å². The van der Waals surface area contributed by atoms with Crippen molar-refractivity contribution in [2.45, 2.75) is 77.2 Å². The fraction of sp³-hybridized carbons (Fsp3) is 0.933. The van der Waals surface area contributed by atoms with Gasteiger partial charge in [0.1, 0.15) is 0 Å². The van der Waals surface area contributed by atoms with E-state index < -0.39 is 0 Å². The Balaban J connectivity index is 2.17. The minimum atomic E-state index is 0.660. The fourth-order valence-electron chi connectivity index (χ4n) is 2.96. The van der Waals surface area contributed by atoms with Gasteiger partial charge in [0.25, 0.3) is 0 Å². The Labute approximate surface area is 118 Å². The molecule has 18 heavy (non-hydrogen) atoms. The van der Waals surface area contributed by atoms with E-state index in [4.69, 9.17) is 18.0 Å². The predicted molar refractivity (Wildman–Crippen MR) is 84.0 cm³/mol. The Bertz CT molecular complexity index is 225. The van der Waals surface area contributed by atoms with Crippen LogP contribution < -0.4 is 5.73 Å². The molecule has 1 aliphatic carbocycles. The van der Waals surface area contributed by atoms with Gasteiger partial charge in [-0.1, -0.05) is 64.1 Å². The second-order valence-electron chi connectivity index (χ2n) is 5.64. The van der Waals surface area contributed by atoms with E-state index in [1.807, 2.05) is 0 Å². The number of thiocarbonyl (C=S) groups is 1. The molecule has 106 valence electrons. The summed E-state index contributed by atoms with van der Waals surface area (Å²) in [6.07, 6.45) is 13.6. The van der Waals surface area contributed by atoms with Gasteiger partial charge in [0.05, 0.1) is 4.99 Å². The molecule has 0 bridgehead atoms. The summed E-state index contributed by atoms with van der Waals surface area (Å²) in [7, 11) is 0. The SMILES string of the molecule is CCCCCCCCN(CC(N)=S)C1CCCC1. The second-order valence-corrected chi connectivity index (χ2v) is 6.17. The Hall–Kier alpha value is -0.150. The fourth-order valence-corrected chi connectivity index (χ4v) is 3.12. The molecule has 0 aromatic rings. The van der Waals surface area contributed by atoms with Gasteiger partial charge in [-0.05, 0) is 25.8 Å². The predicted octanol–water partition coefficient (Wildman–Crippen LogP) is 3.88. The van der Waals surface area contributed by atoms with Crippen LogP contribution in [0, 0.1) is 0 Å². The van der Waals surface area contributed by atoms with Crippen molar-refractivity contribution in [2.24, 2.45) is 5.73 Å². The van der Waals surface area contributed by atoms with Crippen molar-refractivity contribution in [1.29, 1.82) is 0 Å². The Morgan fingerprint density at radius 2 is 1.72 bits per heavy atom. The minimum Gasteiger partial charge on any atom is -0.392 e. The molecular weight excluding hydrogens is 240 g/mol. The molecule has 3 heteroatoms. The lowest BCUT2D eigenvalue weighted by molar-refractivity contribution is 0.222. The number of hydrogen-bond acceptors (Lipinski definition) is 2. The van der Waals surface area contributed by atoms with Crippen LogP contribution >= 0.6 is 12.2 Å². The highest BCUT2D eigenvalue weighted by molar-refractivity contribution is 7.80. The third kappa shape index (κ3) is 6.69. The maximum Gasteiger partial charge on any atom is 0.0870 e. The summed E-state index contributed by atoms with van der Waals surface area (Å²) in [5.41, 5.74) is 5.72. The molecule has 1 aliphatic rings. The minimum absolute atomic E-state index is 0.660. The van der Waals surface area contributed by atoms with E-state index >= 15 is 0 Å². The van der Waals surface area contributed by atoms with Crippen LogP contribution in [-0.2, 0) is 0 Å². The van der Waals surface area contributed by atoms with Crippen molar-refractivity contribution in [3.63, 3.8) is 0 Å². The van der Waals surface area contributed by atoms with Gasteiger partial charge in [-0.3, -0.25) is 4.90 Å². The van der Waals surface area contributed by atoms with Gasteiger partial charge < -0.3 is 5.73 Å². The lowest BCUT2D eigenvalue weighted by Crippen LogP contribution is -2.40. The molecule has 0 aromatic heterocycles. The lowest BCUT2D eigenvalue weighted by atomic mass is 10.1. The highest BCUT2D eigenvalue weighted by Crippen LogP contribution is 2.23. The van der Waals surface area contributed by atoms with Crippen molar-refractivity contribution in [1.82, 2.24) is 4.90 Å². The molecule has 1 saturated carbocycles. The average Bonchev–Trinajstić information content (AvgIpc) is 2.85. The molecule has 1 rings (SSSR count). The van der Waals surface area contributed by atoms with Gasteiger partial charge in [0, 0.05) is 12.6 Å². The van der Waals surface area contributed by atoms with Crippen molar-refractivity contribution in [3.8, 4) is 0 Å². The number of rotatable bonds is 10. The molecule has 0 unspecified atom stereocenters. The number of nitrogens with two attached hydrogens (primary N) is 1. The topological polar surface area (TPSA) is 29.3 Å². The van der Waals surface area contributed by atoms with Gasteiger partial charge in [0.2, 0.25) is 0 Å². The third-order valence-electron chi connectivity index (χ3n) is 4.00. The molecule has 0 amide bonds. The average molecular weight is 270 g/mol. The number of unbranched alkanes of at least 4 members (excludes halogenated alkanes) is 5. The molecule has 2 N–H and O–H groups in total. The third-order valence-corrected chi connectivity index (χ3v) is 4.13. The summed E-state index contributed by atoms with van der Waals surface area (Å²) in [4.78, 5) is 3.20. The Morgan fingerprint density at radius 3 is 2.33 bits per heavy atom. The van der Waals surface area contributed by atoms with Crippen LogP contribution in [0.4, 0.5) is 0 Å². The summed E-state index contributed by atoms with van der Waals surface area (Å²) >= 11 is 5.08. The standard InChI is InChI=1S/C15H30N2S/c1-2-3-4-5-6-9-12-17(13-15(16)18)14-10-7-8-11-14/h14H,2-13H2,1H3,(H2,16,18). The van der Waals surface area contributed by atoms with Crippen molar-refractivity contribution >= 4 is 17.2 Å². The molecule has 0 heterocycles. The first kappa shape index (κ1) is 15.9. The molecule has 1 fully saturated rings. The van der Waals surface area contributed by atoms with Gasteiger partial charge in [-0.25, -0.2) is 0 Å². The van der Waals surface area contributed by atoms with Gasteiger partial charge in [-0.2, -0.15) is 0 Å². The second kappa shape index (κ2) is 9.74. The van der Waals surface area contributed by atoms with Crippen LogP contribution in [-0.4, -0.2) is 29.0 Å². The Morgan fingerprint density at radius 1 is 1.11 bits per heavy atom. The molecule has 0 spiro atoms. The first-order valence-corrected chi connectivity index (χ1v) is 8.17. The zero-order chi connectivity index (χ0) is 13.2. The number of hydrogen-bond donors (Lipinski definition) is 1. The first-order valence-electron chi connectivity index (χ1n) is 7.76. The van der Waals surface area contributed by atoms with Crippen LogP contribution in [0.1, 0.15) is 71.1 Å². The summed E-state index contributed by atoms with van der Waals surface area (Å²) in [6, 6.07) is 0.752.